The Bertz CT molecular complexity index is 716. The molecule has 0 spiro atoms. The third-order valence-corrected chi connectivity index (χ3v) is 3.49. The Morgan fingerprint density at radius 3 is 2.89 bits per heavy atom. The molecule has 18 heavy (non-hydrogen) atoms. The largest absolute Gasteiger partial charge is 0.292 e. The molecule has 0 unspecified atom stereocenters. The van der Waals surface area contributed by atoms with Gasteiger partial charge in [0.2, 0.25) is 0 Å². The van der Waals surface area contributed by atoms with Gasteiger partial charge >= 0.3 is 0 Å². The SMILES string of the molecule is Cn1cc(-n2c(CCl)nc3cc(Br)ccc32)cn1. The van der Waals surface area contributed by atoms with Crippen LogP contribution in [0.5, 0.6) is 0 Å². The second-order valence-corrected chi connectivity index (χ2v) is 5.19. The van der Waals surface area contributed by atoms with E-state index in [-0.39, 0.29) is 0 Å². The Morgan fingerprint density at radius 1 is 1.39 bits per heavy atom. The normalized spacial score (nSPS) is 11.3. The molecule has 0 aliphatic carbocycles. The second kappa shape index (κ2) is 4.40. The van der Waals surface area contributed by atoms with Crippen molar-refractivity contribution in [1.82, 2.24) is 19.3 Å². The maximum absolute atomic E-state index is 5.98. The molecule has 0 radical (unpaired) electrons. The van der Waals surface area contributed by atoms with Gasteiger partial charge in [0.15, 0.2) is 0 Å². The van der Waals surface area contributed by atoms with Gasteiger partial charge < -0.3 is 0 Å². The topological polar surface area (TPSA) is 35.6 Å². The average molecular weight is 326 g/mol. The lowest BCUT2D eigenvalue weighted by atomic mass is 10.3. The van der Waals surface area contributed by atoms with E-state index in [0.717, 1.165) is 27.0 Å². The molecule has 1 aromatic carbocycles. The highest BCUT2D eigenvalue weighted by Gasteiger charge is 2.12. The summed E-state index contributed by atoms with van der Waals surface area (Å²) >= 11 is 9.43. The Morgan fingerprint density at radius 2 is 2.22 bits per heavy atom. The summed E-state index contributed by atoms with van der Waals surface area (Å²) in [6, 6.07) is 6.00. The van der Waals surface area contributed by atoms with Crippen molar-refractivity contribution >= 4 is 38.6 Å². The van der Waals surface area contributed by atoms with Gasteiger partial charge in [-0.25, -0.2) is 4.98 Å². The van der Waals surface area contributed by atoms with E-state index < -0.39 is 0 Å². The number of hydrogen-bond acceptors (Lipinski definition) is 2. The number of fused-ring (bicyclic) bond motifs is 1. The molecule has 0 aliphatic rings. The van der Waals surface area contributed by atoms with Crippen molar-refractivity contribution in [3.8, 4) is 5.69 Å². The Kier molecular flexibility index (Phi) is 2.87. The Labute approximate surface area is 117 Å². The molecule has 0 saturated heterocycles. The molecule has 3 aromatic rings. The summed E-state index contributed by atoms with van der Waals surface area (Å²) in [5.41, 5.74) is 2.92. The number of aryl methyl sites for hydroxylation is 1. The third-order valence-electron chi connectivity index (χ3n) is 2.75. The van der Waals surface area contributed by atoms with E-state index in [4.69, 9.17) is 11.6 Å². The first-order valence-corrected chi connectivity index (χ1v) is 6.73. The van der Waals surface area contributed by atoms with E-state index >= 15 is 0 Å². The van der Waals surface area contributed by atoms with E-state index in [9.17, 15) is 0 Å². The van der Waals surface area contributed by atoms with Crippen LogP contribution in [0.4, 0.5) is 0 Å². The quantitative estimate of drug-likeness (QED) is 0.678. The minimum Gasteiger partial charge on any atom is -0.292 e. The highest BCUT2D eigenvalue weighted by Crippen LogP contribution is 2.25. The molecule has 0 aliphatic heterocycles. The van der Waals surface area contributed by atoms with Gasteiger partial charge in [-0.2, -0.15) is 5.10 Å². The number of alkyl halides is 1. The highest BCUT2D eigenvalue weighted by atomic mass is 79.9. The molecule has 2 aromatic heterocycles. The number of benzene rings is 1. The summed E-state index contributed by atoms with van der Waals surface area (Å²) in [7, 11) is 1.89. The van der Waals surface area contributed by atoms with Crippen molar-refractivity contribution in [3.63, 3.8) is 0 Å². The molecule has 0 N–H and O–H groups in total. The van der Waals surface area contributed by atoms with Crippen LogP contribution in [0.3, 0.4) is 0 Å². The third kappa shape index (κ3) is 1.83. The van der Waals surface area contributed by atoms with Gasteiger partial charge in [0.05, 0.1) is 28.8 Å². The summed E-state index contributed by atoms with van der Waals surface area (Å²) in [5, 5.41) is 4.19. The molecule has 0 saturated carbocycles. The Hall–Kier alpha value is -1.33. The van der Waals surface area contributed by atoms with Crippen LogP contribution in [0.2, 0.25) is 0 Å². The minimum atomic E-state index is 0.362. The van der Waals surface area contributed by atoms with E-state index in [2.05, 4.69) is 26.0 Å². The van der Waals surface area contributed by atoms with Gasteiger partial charge in [-0.3, -0.25) is 9.25 Å². The van der Waals surface area contributed by atoms with Crippen LogP contribution in [-0.4, -0.2) is 19.3 Å². The van der Waals surface area contributed by atoms with Crippen LogP contribution in [-0.2, 0) is 12.9 Å². The predicted molar refractivity (Wildman–Crippen MR) is 75.1 cm³/mol. The number of hydrogen-bond donors (Lipinski definition) is 0. The van der Waals surface area contributed by atoms with E-state index in [1.165, 1.54) is 0 Å². The molecule has 92 valence electrons. The fraction of sp³-hybridized carbons (Fsp3) is 0.167. The maximum Gasteiger partial charge on any atom is 0.129 e. The van der Waals surface area contributed by atoms with Crippen LogP contribution in [0.25, 0.3) is 16.7 Å². The molecule has 0 fully saturated rings. The first-order valence-electron chi connectivity index (χ1n) is 5.41. The standard InChI is InChI=1S/C12H10BrClN4/c1-17-7-9(6-15-17)18-11-3-2-8(13)4-10(11)16-12(18)5-14/h2-4,6-7H,5H2,1H3. The maximum atomic E-state index is 5.98. The van der Waals surface area contributed by atoms with E-state index in [0.29, 0.717) is 5.88 Å². The summed E-state index contributed by atoms with van der Waals surface area (Å²) in [6.45, 7) is 0. The number of rotatable bonds is 2. The monoisotopic (exact) mass is 324 g/mol. The first-order chi connectivity index (χ1) is 8.69. The molecule has 2 heterocycles. The van der Waals surface area contributed by atoms with Gasteiger partial charge in [0.25, 0.3) is 0 Å². The molecule has 3 rings (SSSR count). The summed E-state index contributed by atoms with van der Waals surface area (Å²) in [5.74, 6) is 1.18. The smallest absolute Gasteiger partial charge is 0.129 e. The van der Waals surface area contributed by atoms with Crippen molar-refractivity contribution in [2.75, 3.05) is 0 Å². The van der Waals surface area contributed by atoms with Crippen molar-refractivity contribution < 1.29 is 0 Å². The number of halogens is 2. The van der Waals surface area contributed by atoms with E-state index in [1.54, 1.807) is 10.9 Å². The van der Waals surface area contributed by atoms with Gasteiger partial charge in [-0.05, 0) is 18.2 Å². The molecule has 0 amide bonds. The van der Waals surface area contributed by atoms with Crippen LogP contribution >= 0.6 is 27.5 Å². The van der Waals surface area contributed by atoms with E-state index in [1.807, 2.05) is 36.0 Å². The fourth-order valence-corrected chi connectivity index (χ4v) is 2.53. The minimum absolute atomic E-state index is 0.362. The summed E-state index contributed by atoms with van der Waals surface area (Å²) in [4.78, 5) is 4.54. The molecule has 0 bridgehead atoms. The van der Waals surface area contributed by atoms with Crippen LogP contribution < -0.4 is 0 Å². The van der Waals surface area contributed by atoms with Gasteiger partial charge in [0, 0.05) is 17.7 Å². The van der Waals surface area contributed by atoms with Gasteiger partial charge in [-0.1, -0.05) is 15.9 Å². The lowest BCUT2D eigenvalue weighted by Crippen LogP contribution is -1.97. The van der Waals surface area contributed by atoms with Crippen molar-refractivity contribution in [2.45, 2.75) is 5.88 Å². The number of aromatic nitrogens is 4. The zero-order chi connectivity index (χ0) is 12.7. The van der Waals surface area contributed by atoms with Crippen molar-refractivity contribution in [2.24, 2.45) is 7.05 Å². The van der Waals surface area contributed by atoms with Crippen LogP contribution in [0.15, 0.2) is 35.1 Å². The fourth-order valence-electron chi connectivity index (χ4n) is 2.00. The molecular formula is C12H10BrClN4. The van der Waals surface area contributed by atoms with Gasteiger partial charge in [-0.15, -0.1) is 11.6 Å². The summed E-state index contributed by atoms with van der Waals surface area (Å²) < 4.78 is 4.80. The second-order valence-electron chi connectivity index (χ2n) is 4.00. The van der Waals surface area contributed by atoms with Crippen molar-refractivity contribution in [1.29, 1.82) is 0 Å². The predicted octanol–water partition coefficient (Wildman–Crippen LogP) is 3.26. The first kappa shape index (κ1) is 11.7. The zero-order valence-corrected chi connectivity index (χ0v) is 12.0. The van der Waals surface area contributed by atoms with Crippen molar-refractivity contribution in [3.05, 3.63) is 40.9 Å². The summed E-state index contributed by atoms with van der Waals surface area (Å²) in [6.07, 6.45) is 3.75. The van der Waals surface area contributed by atoms with Gasteiger partial charge in [0.1, 0.15) is 5.82 Å². The lowest BCUT2D eigenvalue weighted by Gasteiger charge is -2.03. The molecular weight excluding hydrogens is 316 g/mol. The average Bonchev–Trinajstić information content (AvgIpc) is 2.91. The molecule has 6 heteroatoms. The number of nitrogens with zero attached hydrogens (tertiary/aromatic N) is 4. The lowest BCUT2D eigenvalue weighted by molar-refractivity contribution is 0.767. The Balaban J connectivity index is 2.32. The zero-order valence-electron chi connectivity index (χ0n) is 9.64. The number of imidazole rings is 1. The molecule has 0 atom stereocenters. The van der Waals surface area contributed by atoms with Crippen LogP contribution in [0, 0.1) is 0 Å². The van der Waals surface area contributed by atoms with Crippen LogP contribution in [0.1, 0.15) is 5.82 Å². The molecule has 4 nitrogen and oxygen atoms in total. The highest BCUT2D eigenvalue weighted by molar-refractivity contribution is 9.10.